The maximum atomic E-state index is 12.9. The summed E-state index contributed by atoms with van der Waals surface area (Å²) in [5, 5.41) is 8.58. The standard InChI is InChI=1S/C17H21ClN4O2/c1-21-11-19-20-16(21)8-6-13-4-3-9-22(13)17(23)14-7-5-12(18)10-15(14)24-2/h5,7,10-11,13H,3-4,6,8-9H2,1-2H3. The molecule has 0 radical (unpaired) electrons. The van der Waals surface area contributed by atoms with Gasteiger partial charge in [-0.15, -0.1) is 10.2 Å². The van der Waals surface area contributed by atoms with E-state index in [9.17, 15) is 4.79 Å². The highest BCUT2D eigenvalue weighted by molar-refractivity contribution is 6.30. The lowest BCUT2D eigenvalue weighted by atomic mass is 10.1. The number of aryl methyl sites for hydroxylation is 2. The van der Waals surface area contributed by atoms with E-state index >= 15 is 0 Å². The number of benzene rings is 1. The number of hydrogen-bond acceptors (Lipinski definition) is 4. The van der Waals surface area contributed by atoms with Crippen molar-refractivity contribution in [2.24, 2.45) is 7.05 Å². The van der Waals surface area contributed by atoms with Crippen LogP contribution in [-0.2, 0) is 13.5 Å². The number of carbonyl (C=O) groups is 1. The second kappa shape index (κ2) is 7.21. The molecular weight excluding hydrogens is 328 g/mol. The number of rotatable bonds is 5. The molecule has 6 nitrogen and oxygen atoms in total. The van der Waals surface area contributed by atoms with Gasteiger partial charge in [0, 0.05) is 31.1 Å². The molecule has 24 heavy (non-hydrogen) atoms. The van der Waals surface area contributed by atoms with Gasteiger partial charge in [-0.05, 0) is 37.5 Å². The first-order valence-corrected chi connectivity index (χ1v) is 8.45. The van der Waals surface area contributed by atoms with Gasteiger partial charge in [0.15, 0.2) is 0 Å². The number of hydrogen-bond donors (Lipinski definition) is 0. The predicted molar refractivity (Wildman–Crippen MR) is 91.4 cm³/mol. The number of likely N-dealkylation sites (tertiary alicyclic amines) is 1. The summed E-state index contributed by atoms with van der Waals surface area (Å²) in [6.45, 7) is 0.772. The molecule has 1 aliphatic heterocycles. The van der Waals surface area contributed by atoms with Crippen molar-refractivity contribution in [2.75, 3.05) is 13.7 Å². The molecule has 1 aliphatic rings. The minimum atomic E-state index is 0.00369. The minimum Gasteiger partial charge on any atom is -0.496 e. The molecule has 1 fully saturated rings. The molecule has 2 heterocycles. The molecule has 1 aromatic heterocycles. The van der Waals surface area contributed by atoms with Gasteiger partial charge in [-0.2, -0.15) is 0 Å². The van der Waals surface area contributed by atoms with E-state index in [1.54, 1.807) is 31.6 Å². The Morgan fingerprint density at radius 1 is 1.46 bits per heavy atom. The van der Waals surface area contributed by atoms with Gasteiger partial charge in [-0.25, -0.2) is 0 Å². The van der Waals surface area contributed by atoms with Crippen LogP contribution in [0.15, 0.2) is 24.5 Å². The average molecular weight is 349 g/mol. The average Bonchev–Trinajstić information content (AvgIpc) is 3.20. The van der Waals surface area contributed by atoms with Crippen LogP contribution < -0.4 is 4.74 Å². The number of nitrogens with zero attached hydrogens (tertiary/aromatic N) is 4. The molecule has 2 aromatic rings. The minimum absolute atomic E-state index is 0.00369. The lowest BCUT2D eigenvalue weighted by Crippen LogP contribution is -2.36. The van der Waals surface area contributed by atoms with Crippen LogP contribution in [0.2, 0.25) is 5.02 Å². The summed E-state index contributed by atoms with van der Waals surface area (Å²) in [6.07, 6.45) is 5.42. The fourth-order valence-corrected chi connectivity index (χ4v) is 3.39. The second-order valence-electron chi connectivity index (χ2n) is 6.04. The van der Waals surface area contributed by atoms with E-state index in [2.05, 4.69) is 10.2 Å². The van der Waals surface area contributed by atoms with E-state index in [1.165, 1.54) is 0 Å². The summed E-state index contributed by atoms with van der Waals surface area (Å²) in [5.41, 5.74) is 0.562. The van der Waals surface area contributed by atoms with E-state index in [4.69, 9.17) is 16.3 Å². The van der Waals surface area contributed by atoms with E-state index in [0.29, 0.717) is 16.3 Å². The molecule has 1 saturated heterocycles. The van der Waals surface area contributed by atoms with Crippen LogP contribution in [0.1, 0.15) is 35.4 Å². The van der Waals surface area contributed by atoms with Gasteiger partial charge in [0.1, 0.15) is 17.9 Å². The Hall–Kier alpha value is -2.08. The Balaban J connectivity index is 1.73. The summed E-state index contributed by atoms with van der Waals surface area (Å²) in [7, 11) is 3.49. The Labute approximate surface area is 146 Å². The number of ether oxygens (including phenoxy) is 1. The molecule has 3 rings (SSSR count). The Kier molecular flexibility index (Phi) is 5.04. The summed E-state index contributed by atoms with van der Waals surface area (Å²) in [4.78, 5) is 14.9. The molecule has 1 amide bonds. The fourth-order valence-electron chi connectivity index (χ4n) is 3.23. The molecule has 1 atom stereocenters. The SMILES string of the molecule is COc1cc(Cl)ccc1C(=O)N1CCCC1CCc1nncn1C. The summed E-state index contributed by atoms with van der Waals surface area (Å²) < 4.78 is 7.24. The summed E-state index contributed by atoms with van der Waals surface area (Å²) in [6, 6.07) is 5.36. The lowest BCUT2D eigenvalue weighted by Gasteiger charge is -2.25. The molecule has 128 valence electrons. The Morgan fingerprint density at radius 3 is 3.00 bits per heavy atom. The molecule has 0 aliphatic carbocycles. The molecule has 0 saturated carbocycles. The molecular formula is C17H21ClN4O2. The van der Waals surface area contributed by atoms with Gasteiger partial charge < -0.3 is 14.2 Å². The van der Waals surface area contributed by atoms with Gasteiger partial charge in [0.05, 0.1) is 12.7 Å². The van der Waals surface area contributed by atoms with E-state index < -0.39 is 0 Å². The van der Waals surface area contributed by atoms with Crippen molar-refractivity contribution in [1.29, 1.82) is 0 Å². The van der Waals surface area contributed by atoms with Crippen molar-refractivity contribution in [3.63, 3.8) is 0 Å². The Morgan fingerprint density at radius 2 is 2.29 bits per heavy atom. The van der Waals surface area contributed by atoms with Gasteiger partial charge in [0.2, 0.25) is 0 Å². The van der Waals surface area contributed by atoms with Crippen molar-refractivity contribution >= 4 is 17.5 Å². The zero-order valence-corrected chi connectivity index (χ0v) is 14.7. The molecule has 0 bridgehead atoms. The highest BCUT2D eigenvalue weighted by Crippen LogP contribution is 2.29. The van der Waals surface area contributed by atoms with Crippen molar-refractivity contribution in [2.45, 2.75) is 31.7 Å². The molecule has 0 spiro atoms. The number of amides is 1. The predicted octanol–water partition coefficient (Wildman–Crippen LogP) is 2.71. The van der Waals surface area contributed by atoms with Gasteiger partial charge in [-0.3, -0.25) is 4.79 Å². The molecule has 0 N–H and O–H groups in total. The van der Waals surface area contributed by atoms with Crippen molar-refractivity contribution in [3.05, 3.63) is 40.9 Å². The van der Waals surface area contributed by atoms with Gasteiger partial charge in [-0.1, -0.05) is 11.6 Å². The summed E-state index contributed by atoms with van der Waals surface area (Å²) in [5.74, 6) is 1.47. The van der Waals surface area contributed by atoms with Crippen LogP contribution >= 0.6 is 11.6 Å². The molecule has 1 aromatic carbocycles. The summed E-state index contributed by atoms with van der Waals surface area (Å²) >= 11 is 5.99. The third-order valence-corrected chi connectivity index (χ3v) is 4.77. The molecule has 1 unspecified atom stereocenters. The first-order chi connectivity index (χ1) is 11.6. The van der Waals surface area contributed by atoms with Crippen molar-refractivity contribution < 1.29 is 9.53 Å². The Bertz CT molecular complexity index is 731. The van der Waals surface area contributed by atoms with Crippen LogP contribution in [0.25, 0.3) is 0 Å². The van der Waals surface area contributed by atoms with Gasteiger partial charge in [0.25, 0.3) is 5.91 Å². The van der Waals surface area contributed by atoms with Crippen molar-refractivity contribution in [1.82, 2.24) is 19.7 Å². The largest absolute Gasteiger partial charge is 0.496 e. The van der Waals surface area contributed by atoms with Crippen LogP contribution in [0.4, 0.5) is 0 Å². The first-order valence-electron chi connectivity index (χ1n) is 8.07. The van der Waals surface area contributed by atoms with E-state index in [0.717, 1.165) is 38.1 Å². The zero-order valence-electron chi connectivity index (χ0n) is 13.9. The highest BCUT2D eigenvalue weighted by atomic mass is 35.5. The van der Waals surface area contributed by atoms with E-state index in [-0.39, 0.29) is 11.9 Å². The maximum absolute atomic E-state index is 12.9. The smallest absolute Gasteiger partial charge is 0.257 e. The highest BCUT2D eigenvalue weighted by Gasteiger charge is 2.30. The normalized spacial score (nSPS) is 17.3. The van der Waals surface area contributed by atoms with E-state index in [1.807, 2.05) is 16.5 Å². The maximum Gasteiger partial charge on any atom is 0.257 e. The van der Waals surface area contributed by atoms with Crippen LogP contribution in [0.3, 0.4) is 0 Å². The van der Waals surface area contributed by atoms with Crippen LogP contribution in [0, 0.1) is 0 Å². The lowest BCUT2D eigenvalue weighted by molar-refractivity contribution is 0.0727. The monoisotopic (exact) mass is 348 g/mol. The van der Waals surface area contributed by atoms with Gasteiger partial charge >= 0.3 is 0 Å². The second-order valence-corrected chi connectivity index (χ2v) is 6.47. The molecule has 7 heteroatoms. The number of aromatic nitrogens is 3. The topological polar surface area (TPSA) is 60.2 Å². The number of methoxy groups -OCH3 is 1. The third kappa shape index (κ3) is 3.38. The van der Waals surface area contributed by atoms with Crippen molar-refractivity contribution in [3.8, 4) is 5.75 Å². The third-order valence-electron chi connectivity index (χ3n) is 4.54. The van der Waals surface area contributed by atoms with Crippen LogP contribution in [0.5, 0.6) is 5.75 Å². The number of halogens is 1. The first kappa shape index (κ1) is 16.8. The fraction of sp³-hybridized carbons (Fsp3) is 0.471. The van der Waals surface area contributed by atoms with Crippen LogP contribution in [-0.4, -0.2) is 45.3 Å². The zero-order chi connectivity index (χ0) is 17.1. The number of carbonyl (C=O) groups excluding carboxylic acids is 1. The quantitative estimate of drug-likeness (QED) is 0.833.